The molecule has 1 aliphatic heterocycles. The molecule has 0 spiro atoms. The quantitative estimate of drug-likeness (QED) is 0.473. The van der Waals surface area contributed by atoms with Gasteiger partial charge in [-0.05, 0) is 42.7 Å². The second-order valence-corrected chi connectivity index (χ2v) is 8.64. The minimum Gasteiger partial charge on any atom is -0.351 e. The van der Waals surface area contributed by atoms with E-state index in [1.165, 1.54) is 12.1 Å². The minimum atomic E-state index is -4.65. The van der Waals surface area contributed by atoms with Crippen LogP contribution in [0.2, 0.25) is 10.0 Å². The van der Waals surface area contributed by atoms with Crippen LogP contribution in [0.1, 0.15) is 35.3 Å². The van der Waals surface area contributed by atoms with E-state index in [4.69, 9.17) is 23.2 Å². The van der Waals surface area contributed by atoms with E-state index in [9.17, 15) is 18.0 Å². The second-order valence-electron chi connectivity index (χ2n) is 7.82. The van der Waals surface area contributed by atoms with Gasteiger partial charge >= 0.3 is 6.18 Å². The highest BCUT2D eigenvalue weighted by molar-refractivity contribution is 6.42. The normalized spacial score (nSPS) is 18.0. The Balaban J connectivity index is 1.75. The fourth-order valence-electron chi connectivity index (χ4n) is 3.90. The molecule has 5 nitrogen and oxygen atoms in total. The van der Waals surface area contributed by atoms with E-state index in [1.807, 2.05) is 31.2 Å². The highest BCUT2D eigenvalue weighted by atomic mass is 35.5. The lowest BCUT2D eigenvalue weighted by Gasteiger charge is -2.31. The summed E-state index contributed by atoms with van der Waals surface area (Å²) in [6.45, 7) is 3.82. The first-order chi connectivity index (χ1) is 15.6. The molecule has 1 N–H and O–H groups in total. The molecule has 1 amide bonds. The van der Waals surface area contributed by atoms with Crippen LogP contribution >= 0.6 is 23.2 Å². The number of aryl methyl sites for hydroxylation is 1. The first-order valence-corrected chi connectivity index (χ1v) is 10.8. The summed E-state index contributed by atoms with van der Waals surface area (Å²) in [5.41, 5.74) is 1.72. The van der Waals surface area contributed by atoms with Gasteiger partial charge < -0.3 is 5.32 Å². The zero-order valence-electron chi connectivity index (χ0n) is 17.6. The first-order valence-electron chi connectivity index (χ1n) is 10.1. The molecule has 10 heteroatoms. The van der Waals surface area contributed by atoms with Gasteiger partial charge in [-0.2, -0.15) is 18.3 Å². The number of nitrogens with zero attached hydrogens (tertiary/aromatic N) is 3. The predicted octanol–water partition coefficient (Wildman–Crippen LogP) is 6.15. The molecule has 0 bridgehead atoms. The minimum absolute atomic E-state index is 0.0128. The third kappa shape index (κ3) is 4.63. The van der Waals surface area contributed by atoms with Gasteiger partial charge in [0.1, 0.15) is 5.92 Å². The van der Waals surface area contributed by atoms with E-state index in [0.717, 1.165) is 21.9 Å². The van der Waals surface area contributed by atoms with Crippen LogP contribution < -0.4 is 5.32 Å². The van der Waals surface area contributed by atoms with Crippen molar-refractivity contribution in [3.05, 3.63) is 81.0 Å². The maximum atomic E-state index is 13.4. The molecule has 2 heterocycles. The maximum absolute atomic E-state index is 13.4. The lowest BCUT2D eigenvalue weighted by Crippen LogP contribution is -2.42. The molecule has 1 aromatic heterocycles. The summed E-state index contributed by atoms with van der Waals surface area (Å²) in [7, 11) is 0. The molecule has 172 valence electrons. The highest BCUT2D eigenvalue weighted by Crippen LogP contribution is 2.41. The molecule has 0 saturated carbocycles. The number of benzene rings is 2. The molecule has 2 unspecified atom stereocenters. The van der Waals surface area contributed by atoms with E-state index >= 15 is 0 Å². The number of carbonyl (C=O) groups excluding carboxylic acids is 1. The number of nitrogens with one attached hydrogen (secondary N) is 1. The van der Waals surface area contributed by atoms with Crippen LogP contribution in [0.25, 0.3) is 0 Å². The SMILES string of the molecule is CC1=Nc2cc(C(F)(F)F)nn2C(c2ccc(Cl)c(Cl)c2)C1C(=O)NCc1ccccc1C. The third-order valence-corrected chi connectivity index (χ3v) is 6.35. The monoisotopic (exact) mass is 494 g/mol. The summed E-state index contributed by atoms with van der Waals surface area (Å²) >= 11 is 12.2. The number of rotatable bonds is 4. The van der Waals surface area contributed by atoms with Gasteiger partial charge in [0.2, 0.25) is 5.91 Å². The molecule has 0 radical (unpaired) electrons. The van der Waals surface area contributed by atoms with Crippen molar-refractivity contribution in [2.75, 3.05) is 0 Å². The average molecular weight is 495 g/mol. The van der Waals surface area contributed by atoms with Crippen LogP contribution in [0.3, 0.4) is 0 Å². The Morgan fingerprint density at radius 1 is 1.09 bits per heavy atom. The van der Waals surface area contributed by atoms with Crippen molar-refractivity contribution in [3.8, 4) is 0 Å². The molecular weight excluding hydrogens is 476 g/mol. The van der Waals surface area contributed by atoms with Crippen molar-refractivity contribution in [2.24, 2.45) is 10.9 Å². The number of aliphatic imine (C=N–C) groups is 1. The van der Waals surface area contributed by atoms with Crippen LogP contribution in [0.5, 0.6) is 0 Å². The smallest absolute Gasteiger partial charge is 0.351 e. The van der Waals surface area contributed by atoms with Gasteiger partial charge in [0, 0.05) is 18.3 Å². The Morgan fingerprint density at radius 3 is 2.48 bits per heavy atom. The predicted molar refractivity (Wildman–Crippen MR) is 121 cm³/mol. The van der Waals surface area contributed by atoms with Crippen molar-refractivity contribution >= 4 is 40.6 Å². The number of alkyl halides is 3. The first kappa shape index (κ1) is 23.3. The molecule has 33 heavy (non-hydrogen) atoms. The van der Waals surface area contributed by atoms with E-state index < -0.39 is 23.8 Å². The van der Waals surface area contributed by atoms with Gasteiger partial charge in [-0.1, -0.05) is 53.5 Å². The molecule has 0 aliphatic carbocycles. The van der Waals surface area contributed by atoms with Gasteiger partial charge in [-0.3, -0.25) is 4.79 Å². The van der Waals surface area contributed by atoms with Crippen LogP contribution in [0.15, 0.2) is 53.5 Å². The van der Waals surface area contributed by atoms with Crippen molar-refractivity contribution in [2.45, 2.75) is 32.6 Å². The number of carbonyl (C=O) groups is 1. The largest absolute Gasteiger partial charge is 0.435 e. The van der Waals surface area contributed by atoms with E-state index in [-0.39, 0.29) is 23.3 Å². The summed E-state index contributed by atoms with van der Waals surface area (Å²) < 4.78 is 41.3. The second kappa shape index (κ2) is 8.83. The van der Waals surface area contributed by atoms with Crippen LogP contribution in [-0.4, -0.2) is 21.4 Å². The van der Waals surface area contributed by atoms with Crippen LogP contribution in [0.4, 0.5) is 19.0 Å². The number of amides is 1. The molecule has 1 aliphatic rings. The van der Waals surface area contributed by atoms with Crippen molar-refractivity contribution in [1.29, 1.82) is 0 Å². The number of hydrogen-bond donors (Lipinski definition) is 1. The number of halogens is 5. The average Bonchev–Trinajstić information content (AvgIpc) is 3.18. The van der Waals surface area contributed by atoms with Crippen molar-refractivity contribution < 1.29 is 18.0 Å². The number of aromatic nitrogens is 2. The molecule has 0 fully saturated rings. The van der Waals surface area contributed by atoms with Gasteiger partial charge in [0.15, 0.2) is 11.5 Å². The topological polar surface area (TPSA) is 59.3 Å². The molecule has 3 aromatic rings. The zero-order valence-corrected chi connectivity index (χ0v) is 19.1. The molecular formula is C23H19Cl2F3N4O. The van der Waals surface area contributed by atoms with Gasteiger partial charge in [-0.25, -0.2) is 9.67 Å². The Hall–Kier alpha value is -2.84. The van der Waals surface area contributed by atoms with E-state index in [0.29, 0.717) is 16.3 Å². The molecule has 2 atom stereocenters. The molecule has 4 rings (SSSR count). The lowest BCUT2D eigenvalue weighted by atomic mass is 9.87. The summed E-state index contributed by atoms with van der Waals surface area (Å²) in [5, 5.41) is 7.16. The summed E-state index contributed by atoms with van der Waals surface area (Å²) in [5.74, 6) is -1.27. The Labute approximate surface area is 198 Å². The van der Waals surface area contributed by atoms with Crippen LogP contribution in [-0.2, 0) is 17.5 Å². The fraction of sp³-hybridized carbons (Fsp3) is 0.261. The third-order valence-electron chi connectivity index (χ3n) is 5.61. The summed E-state index contributed by atoms with van der Waals surface area (Å²) in [4.78, 5) is 17.6. The van der Waals surface area contributed by atoms with E-state index in [2.05, 4.69) is 15.4 Å². The highest BCUT2D eigenvalue weighted by Gasteiger charge is 2.42. The summed E-state index contributed by atoms with van der Waals surface area (Å²) in [6.07, 6.45) is -4.65. The van der Waals surface area contributed by atoms with Crippen LogP contribution in [0, 0.1) is 12.8 Å². The van der Waals surface area contributed by atoms with Gasteiger partial charge in [0.25, 0.3) is 0 Å². The zero-order chi connectivity index (χ0) is 23.9. The van der Waals surface area contributed by atoms with Crippen molar-refractivity contribution in [3.63, 3.8) is 0 Å². The standard InChI is InChI=1S/C23H19Cl2F3N4O/c1-12-5-3-4-6-15(12)11-29-22(33)20-13(2)30-19-10-18(23(26,27)28)31-32(19)21(20)14-7-8-16(24)17(25)9-14/h3-10,20-21H,11H2,1-2H3,(H,29,33). The number of fused-ring (bicyclic) bond motifs is 1. The Bertz CT molecular complexity index is 1250. The fourth-order valence-corrected chi connectivity index (χ4v) is 4.20. The Kier molecular flexibility index (Phi) is 6.24. The summed E-state index contributed by atoms with van der Waals surface area (Å²) in [6, 6.07) is 12.3. The van der Waals surface area contributed by atoms with Crippen molar-refractivity contribution in [1.82, 2.24) is 15.1 Å². The molecule has 0 saturated heterocycles. The van der Waals surface area contributed by atoms with E-state index in [1.54, 1.807) is 13.0 Å². The maximum Gasteiger partial charge on any atom is 0.435 e. The number of hydrogen-bond acceptors (Lipinski definition) is 3. The van der Waals surface area contributed by atoms with Gasteiger partial charge in [-0.15, -0.1) is 0 Å². The molecule has 2 aromatic carbocycles. The lowest BCUT2D eigenvalue weighted by molar-refractivity contribution is -0.141. The van der Waals surface area contributed by atoms with Gasteiger partial charge in [0.05, 0.1) is 16.1 Å². The Morgan fingerprint density at radius 2 is 1.82 bits per heavy atom.